The van der Waals surface area contributed by atoms with E-state index in [0.29, 0.717) is 39.5 Å². The molecule has 1 spiro atoms. The van der Waals surface area contributed by atoms with Gasteiger partial charge >= 0.3 is 0 Å². The number of hydrogen-bond acceptors (Lipinski definition) is 6. The minimum Gasteiger partial charge on any atom is -0.352 e. The highest BCUT2D eigenvalue weighted by Crippen LogP contribution is 2.31. The molecule has 0 bridgehead atoms. The molecule has 2 rings (SSSR count). The molecule has 4 N–H and O–H groups in total. The third kappa shape index (κ3) is 4.37. The Hall–Kier alpha value is -0.240. The Kier molecular flexibility index (Phi) is 6.00. The van der Waals surface area contributed by atoms with Crippen molar-refractivity contribution in [3.05, 3.63) is 0 Å². The number of ether oxygens (including phenoxy) is 4. The van der Waals surface area contributed by atoms with Crippen LogP contribution in [0.4, 0.5) is 0 Å². The van der Waals surface area contributed by atoms with Gasteiger partial charge in [-0.25, -0.2) is 0 Å². The van der Waals surface area contributed by atoms with Gasteiger partial charge in [0.05, 0.1) is 31.8 Å². The Bertz CT molecular complexity index is 220. The van der Waals surface area contributed by atoms with Gasteiger partial charge in [-0.15, -0.1) is 0 Å². The Balaban J connectivity index is 1.69. The van der Waals surface area contributed by atoms with Crippen molar-refractivity contribution >= 4 is 0 Å². The van der Waals surface area contributed by atoms with Gasteiger partial charge in [0, 0.05) is 0 Å². The molecule has 0 aromatic rings. The van der Waals surface area contributed by atoms with Gasteiger partial charge in [-0.1, -0.05) is 0 Å². The summed E-state index contributed by atoms with van der Waals surface area (Å²) in [7, 11) is 0. The fourth-order valence-electron chi connectivity index (χ4n) is 2.33. The molecule has 2 aliphatic rings. The molecule has 0 aromatic carbocycles. The molecule has 0 saturated carbocycles. The maximum atomic E-state index is 5.73. The van der Waals surface area contributed by atoms with Crippen molar-refractivity contribution in [3.8, 4) is 0 Å². The van der Waals surface area contributed by atoms with Gasteiger partial charge < -0.3 is 30.4 Å². The summed E-state index contributed by atoms with van der Waals surface area (Å²) in [6, 6.07) is 0. The van der Waals surface area contributed by atoms with Gasteiger partial charge in [0.2, 0.25) is 0 Å². The SMILES string of the molecule is NCCCC1OCC2(CO1)COC(CCCN)OC2. The summed E-state index contributed by atoms with van der Waals surface area (Å²) in [5, 5.41) is 0. The lowest BCUT2D eigenvalue weighted by atomic mass is 9.90. The monoisotopic (exact) mass is 274 g/mol. The van der Waals surface area contributed by atoms with E-state index in [-0.39, 0.29) is 18.0 Å². The molecule has 2 saturated heterocycles. The van der Waals surface area contributed by atoms with Crippen LogP contribution < -0.4 is 11.5 Å². The van der Waals surface area contributed by atoms with E-state index in [9.17, 15) is 0 Å². The molecule has 0 amide bonds. The van der Waals surface area contributed by atoms with E-state index in [1.807, 2.05) is 0 Å². The number of hydrogen-bond donors (Lipinski definition) is 2. The van der Waals surface area contributed by atoms with Crippen LogP contribution >= 0.6 is 0 Å². The summed E-state index contributed by atoms with van der Waals surface area (Å²) >= 11 is 0. The first-order valence-electron chi connectivity index (χ1n) is 7.14. The highest BCUT2D eigenvalue weighted by molar-refractivity contribution is 4.84. The van der Waals surface area contributed by atoms with Crippen LogP contribution in [0.2, 0.25) is 0 Å². The standard InChI is InChI=1S/C13H26N2O4/c14-5-1-3-11-16-7-13(8-17-11)9-18-12(19-10-13)4-2-6-15/h11-12H,1-10,14-15H2. The van der Waals surface area contributed by atoms with Crippen molar-refractivity contribution in [2.24, 2.45) is 16.9 Å². The topological polar surface area (TPSA) is 89.0 Å². The predicted molar refractivity (Wildman–Crippen MR) is 70.4 cm³/mol. The summed E-state index contributed by atoms with van der Waals surface area (Å²) in [5.74, 6) is 0. The summed E-state index contributed by atoms with van der Waals surface area (Å²) < 4.78 is 22.9. The molecule has 19 heavy (non-hydrogen) atoms. The molecule has 2 aliphatic heterocycles. The van der Waals surface area contributed by atoms with Crippen LogP contribution in [-0.4, -0.2) is 52.1 Å². The molecular weight excluding hydrogens is 248 g/mol. The highest BCUT2D eigenvalue weighted by atomic mass is 16.7. The van der Waals surface area contributed by atoms with E-state index in [1.54, 1.807) is 0 Å². The van der Waals surface area contributed by atoms with Gasteiger partial charge in [-0.2, -0.15) is 0 Å². The van der Waals surface area contributed by atoms with Gasteiger partial charge in [-0.3, -0.25) is 0 Å². The van der Waals surface area contributed by atoms with Crippen molar-refractivity contribution in [1.29, 1.82) is 0 Å². The van der Waals surface area contributed by atoms with Crippen molar-refractivity contribution in [2.75, 3.05) is 39.5 Å². The molecule has 0 aromatic heterocycles. The lowest BCUT2D eigenvalue weighted by Crippen LogP contribution is -2.52. The number of rotatable bonds is 6. The van der Waals surface area contributed by atoms with Crippen LogP contribution in [0.15, 0.2) is 0 Å². The van der Waals surface area contributed by atoms with Crippen molar-refractivity contribution < 1.29 is 18.9 Å². The predicted octanol–water partition coefficient (Wildman–Crippen LogP) is 0.196. The van der Waals surface area contributed by atoms with Crippen LogP contribution in [-0.2, 0) is 18.9 Å². The zero-order valence-electron chi connectivity index (χ0n) is 11.5. The minimum absolute atomic E-state index is 0.121. The average Bonchev–Trinajstić information content (AvgIpc) is 2.46. The molecule has 0 aliphatic carbocycles. The molecule has 2 fully saturated rings. The molecule has 0 atom stereocenters. The molecular formula is C13H26N2O4. The minimum atomic E-state index is -0.140. The maximum Gasteiger partial charge on any atom is 0.157 e. The fourth-order valence-corrected chi connectivity index (χ4v) is 2.33. The summed E-state index contributed by atoms with van der Waals surface area (Å²) in [6.07, 6.45) is 3.31. The van der Waals surface area contributed by atoms with E-state index >= 15 is 0 Å². The van der Waals surface area contributed by atoms with Crippen molar-refractivity contribution in [2.45, 2.75) is 38.3 Å². The second kappa shape index (κ2) is 7.52. The van der Waals surface area contributed by atoms with Crippen LogP contribution in [0.25, 0.3) is 0 Å². The van der Waals surface area contributed by atoms with E-state index in [2.05, 4.69) is 0 Å². The van der Waals surface area contributed by atoms with Gasteiger partial charge in [0.1, 0.15) is 0 Å². The summed E-state index contributed by atoms with van der Waals surface area (Å²) in [6.45, 7) is 3.86. The maximum absolute atomic E-state index is 5.73. The van der Waals surface area contributed by atoms with Crippen LogP contribution in [0.1, 0.15) is 25.7 Å². The Morgan fingerprint density at radius 3 is 1.42 bits per heavy atom. The fraction of sp³-hybridized carbons (Fsp3) is 1.00. The lowest BCUT2D eigenvalue weighted by Gasteiger charge is -2.43. The van der Waals surface area contributed by atoms with E-state index in [1.165, 1.54) is 0 Å². The Morgan fingerprint density at radius 1 is 0.737 bits per heavy atom. The second-order valence-corrected chi connectivity index (χ2v) is 5.46. The second-order valence-electron chi connectivity index (χ2n) is 5.46. The molecule has 6 nitrogen and oxygen atoms in total. The molecule has 2 heterocycles. The third-order valence-electron chi connectivity index (χ3n) is 3.59. The zero-order chi connectivity index (χ0) is 13.6. The van der Waals surface area contributed by atoms with E-state index in [4.69, 9.17) is 30.4 Å². The molecule has 0 unspecified atom stereocenters. The average molecular weight is 274 g/mol. The van der Waals surface area contributed by atoms with E-state index < -0.39 is 0 Å². The largest absolute Gasteiger partial charge is 0.352 e. The zero-order valence-corrected chi connectivity index (χ0v) is 11.5. The molecule has 0 radical (unpaired) electrons. The Labute approximate surface area is 114 Å². The van der Waals surface area contributed by atoms with Crippen molar-refractivity contribution in [3.63, 3.8) is 0 Å². The van der Waals surface area contributed by atoms with E-state index in [0.717, 1.165) is 25.7 Å². The molecule has 112 valence electrons. The first-order valence-corrected chi connectivity index (χ1v) is 7.14. The van der Waals surface area contributed by atoms with Crippen LogP contribution in [0, 0.1) is 5.41 Å². The van der Waals surface area contributed by atoms with Crippen LogP contribution in [0.5, 0.6) is 0 Å². The molecule has 6 heteroatoms. The first-order chi connectivity index (χ1) is 9.28. The Morgan fingerprint density at radius 2 is 1.11 bits per heavy atom. The highest BCUT2D eigenvalue weighted by Gasteiger charge is 2.41. The van der Waals surface area contributed by atoms with Gasteiger partial charge in [0.15, 0.2) is 12.6 Å². The third-order valence-corrected chi connectivity index (χ3v) is 3.59. The first kappa shape index (κ1) is 15.2. The smallest absolute Gasteiger partial charge is 0.157 e. The summed E-state index contributed by atoms with van der Waals surface area (Å²) in [5.41, 5.74) is 10.8. The summed E-state index contributed by atoms with van der Waals surface area (Å²) in [4.78, 5) is 0. The lowest BCUT2D eigenvalue weighted by molar-refractivity contribution is -0.304. The van der Waals surface area contributed by atoms with Crippen molar-refractivity contribution in [1.82, 2.24) is 0 Å². The normalized spacial score (nSPS) is 35.7. The van der Waals surface area contributed by atoms with Gasteiger partial charge in [-0.05, 0) is 38.8 Å². The van der Waals surface area contributed by atoms with Gasteiger partial charge in [0.25, 0.3) is 0 Å². The van der Waals surface area contributed by atoms with Crippen LogP contribution in [0.3, 0.4) is 0 Å². The number of nitrogens with two attached hydrogens (primary N) is 2. The quantitative estimate of drug-likeness (QED) is 0.719.